The second-order valence-corrected chi connectivity index (χ2v) is 9.40. The van der Waals surface area contributed by atoms with Gasteiger partial charge in [-0.3, -0.25) is 14.2 Å². The van der Waals surface area contributed by atoms with Crippen LogP contribution in [0.2, 0.25) is 5.02 Å². The van der Waals surface area contributed by atoms with Crippen molar-refractivity contribution >= 4 is 17.5 Å². The Bertz CT molecular complexity index is 1330. The number of carbonyl (C=O) groups excluding carboxylic acids is 1. The molecule has 0 saturated carbocycles. The molecule has 4 rings (SSSR count). The minimum Gasteiger partial charge on any atom is -0.494 e. The van der Waals surface area contributed by atoms with E-state index in [-0.39, 0.29) is 30.1 Å². The molecular weight excluding hydrogens is 498 g/mol. The van der Waals surface area contributed by atoms with Gasteiger partial charge in [0, 0.05) is 24.0 Å². The molecule has 1 aromatic heterocycles. The molecule has 3 aromatic rings. The van der Waals surface area contributed by atoms with E-state index in [9.17, 15) is 14.7 Å². The quantitative estimate of drug-likeness (QED) is 0.469. The van der Waals surface area contributed by atoms with Crippen molar-refractivity contribution in [2.45, 2.75) is 38.9 Å². The number of ether oxygens (including phenoxy) is 3. The van der Waals surface area contributed by atoms with Crippen LogP contribution in [0.25, 0.3) is 5.69 Å². The largest absolute Gasteiger partial charge is 0.494 e. The van der Waals surface area contributed by atoms with Crippen LogP contribution in [0.1, 0.15) is 47.9 Å². The van der Waals surface area contributed by atoms with E-state index in [0.29, 0.717) is 36.0 Å². The van der Waals surface area contributed by atoms with Crippen LogP contribution in [-0.4, -0.2) is 58.9 Å². The summed E-state index contributed by atoms with van der Waals surface area (Å²) in [7, 11) is 2.93. The number of halogens is 1. The maximum Gasteiger partial charge on any atom is 0.275 e. The molecule has 9 nitrogen and oxygen atoms in total. The number of benzene rings is 2. The first-order valence-electron chi connectivity index (χ1n) is 12.0. The molecule has 1 fully saturated rings. The number of aromatic hydroxyl groups is 1. The van der Waals surface area contributed by atoms with Crippen molar-refractivity contribution < 1.29 is 24.1 Å². The van der Waals surface area contributed by atoms with Crippen molar-refractivity contribution in [3.63, 3.8) is 0 Å². The van der Waals surface area contributed by atoms with Crippen molar-refractivity contribution in [2.24, 2.45) is 0 Å². The number of nitrogens with zero attached hydrogens (tertiary/aromatic N) is 3. The van der Waals surface area contributed by atoms with Gasteiger partial charge in [-0.1, -0.05) is 35.9 Å². The minimum atomic E-state index is -0.746. The van der Waals surface area contributed by atoms with Gasteiger partial charge in [0.1, 0.15) is 29.6 Å². The van der Waals surface area contributed by atoms with Crippen LogP contribution in [0.4, 0.5) is 0 Å². The number of amides is 1. The molecule has 1 unspecified atom stereocenters. The predicted molar refractivity (Wildman–Crippen MR) is 139 cm³/mol. The molecule has 1 atom stereocenters. The number of carbonyl (C=O) groups is 1. The molecule has 2 heterocycles. The Kier molecular flexibility index (Phi) is 8.04. The molecule has 0 aliphatic carbocycles. The van der Waals surface area contributed by atoms with Crippen LogP contribution >= 0.6 is 11.6 Å². The lowest BCUT2D eigenvalue weighted by Gasteiger charge is -2.21. The van der Waals surface area contributed by atoms with E-state index in [1.54, 1.807) is 23.1 Å². The topological polar surface area (TPSA) is 103 Å². The molecule has 37 heavy (non-hydrogen) atoms. The van der Waals surface area contributed by atoms with E-state index >= 15 is 0 Å². The van der Waals surface area contributed by atoms with Crippen LogP contribution in [0.5, 0.6) is 17.4 Å². The molecule has 0 radical (unpaired) electrons. The lowest BCUT2D eigenvalue weighted by Crippen LogP contribution is -2.37. The zero-order chi connectivity index (χ0) is 26.7. The molecule has 196 valence electrons. The number of para-hydroxylation sites is 1. The Balaban J connectivity index is 1.80. The number of aromatic nitrogens is 2. The van der Waals surface area contributed by atoms with Crippen LogP contribution in [0.3, 0.4) is 0 Å². The fourth-order valence-electron chi connectivity index (χ4n) is 4.52. The average molecular weight is 528 g/mol. The minimum absolute atomic E-state index is 0.0167. The summed E-state index contributed by atoms with van der Waals surface area (Å²) in [5.74, 6) is -0.475. The third-order valence-corrected chi connectivity index (χ3v) is 6.68. The summed E-state index contributed by atoms with van der Waals surface area (Å²) in [6, 6.07) is 12.6. The van der Waals surface area contributed by atoms with Crippen molar-refractivity contribution in [3.8, 4) is 23.1 Å². The van der Waals surface area contributed by atoms with E-state index in [0.717, 1.165) is 5.56 Å². The van der Waals surface area contributed by atoms with Gasteiger partial charge < -0.3 is 24.2 Å². The second-order valence-electron chi connectivity index (χ2n) is 9.00. The van der Waals surface area contributed by atoms with Gasteiger partial charge in [-0.2, -0.15) is 4.98 Å². The number of methoxy groups -OCH3 is 2. The Labute approximate surface area is 220 Å². The van der Waals surface area contributed by atoms with Crippen LogP contribution in [-0.2, 0) is 11.3 Å². The number of hydrogen-bond donors (Lipinski definition) is 1. The summed E-state index contributed by atoms with van der Waals surface area (Å²) >= 11 is 6.37. The highest BCUT2D eigenvalue weighted by atomic mass is 35.5. The SMILES string of the molecule is COc1cccc(OC)c1-n1c(COC(C)C)nc(O)c(C(=O)N2CCC(c3ccccc3Cl)C2)c1=O. The number of likely N-dealkylation sites (tertiary alicyclic amines) is 1. The lowest BCUT2D eigenvalue weighted by atomic mass is 9.98. The molecule has 0 spiro atoms. The van der Waals surface area contributed by atoms with E-state index in [2.05, 4.69) is 4.98 Å². The molecule has 2 aromatic carbocycles. The van der Waals surface area contributed by atoms with Crippen LogP contribution in [0.15, 0.2) is 47.3 Å². The van der Waals surface area contributed by atoms with Gasteiger partial charge in [-0.25, -0.2) is 0 Å². The van der Waals surface area contributed by atoms with Crippen LogP contribution < -0.4 is 15.0 Å². The summed E-state index contributed by atoms with van der Waals surface area (Å²) in [6.45, 7) is 4.36. The average Bonchev–Trinajstić information content (AvgIpc) is 3.37. The summed E-state index contributed by atoms with van der Waals surface area (Å²) < 4.78 is 17.9. The summed E-state index contributed by atoms with van der Waals surface area (Å²) in [6.07, 6.45) is 0.512. The highest BCUT2D eigenvalue weighted by Crippen LogP contribution is 2.35. The Hall–Kier alpha value is -3.56. The molecule has 1 amide bonds. The third kappa shape index (κ3) is 5.28. The highest BCUT2D eigenvalue weighted by molar-refractivity contribution is 6.31. The van der Waals surface area contributed by atoms with Gasteiger partial charge in [-0.15, -0.1) is 0 Å². The smallest absolute Gasteiger partial charge is 0.275 e. The molecular formula is C27H30ClN3O6. The Morgan fingerprint density at radius 1 is 1.14 bits per heavy atom. The zero-order valence-corrected chi connectivity index (χ0v) is 22.0. The molecule has 1 N–H and O–H groups in total. The van der Waals surface area contributed by atoms with E-state index in [1.165, 1.54) is 18.8 Å². The monoisotopic (exact) mass is 527 g/mol. The molecule has 1 aliphatic heterocycles. The van der Waals surface area contributed by atoms with Crippen molar-refractivity contribution in [2.75, 3.05) is 27.3 Å². The van der Waals surface area contributed by atoms with E-state index < -0.39 is 22.9 Å². The van der Waals surface area contributed by atoms with E-state index in [4.69, 9.17) is 25.8 Å². The first kappa shape index (κ1) is 26.5. The Morgan fingerprint density at radius 2 is 1.81 bits per heavy atom. The zero-order valence-electron chi connectivity index (χ0n) is 21.2. The van der Waals surface area contributed by atoms with Crippen LogP contribution in [0, 0.1) is 0 Å². The standard InChI is InChI=1S/C27H30ClN3O6/c1-16(2)37-15-22-29-25(32)23(27(34)31(22)24-20(35-3)10-7-11-21(24)36-4)26(33)30-13-12-17(14-30)18-8-5-6-9-19(18)28/h5-11,16-17,32H,12-15H2,1-4H3. The van der Waals surface area contributed by atoms with Gasteiger partial charge >= 0.3 is 0 Å². The fourth-order valence-corrected chi connectivity index (χ4v) is 4.81. The number of rotatable bonds is 8. The molecule has 1 aliphatic rings. The second kappa shape index (κ2) is 11.2. The number of hydrogen-bond acceptors (Lipinski definition) is 7. The summed E-state index contributed by atoms with van der Waals surface area (Å²) in [5, 5.41) is 11.4. The first-order chi connectivity index (χ1) is 17.8. The maximum absolute atomic E-state index is 13.9. The predicted octanol–water partition coefficient (Wildman–Crippen LogP) is 4.16. The Morgan fingerprint density at radius 3 is 2.43 bits per heavy atom. The molecule has 10 heteroatoms. The maximum atomic E-state index is 13.9. The fraction of sp³-hybridized carbons (Fsp3) is 0.370. The lowest BCUT2D eigenvalue weighted by molar-refractivity contribution is 0.0591. The summed E-state index contributed by atoms with van der Waals surface area (Å²) in [5.41, 5.74) is 0.0286. The van der Waals surface area contributed by atoms with Gasteiger partial charge in [0.2, 0.25) is 5.88 Å². The molecule has 0 bridgehead atoms. The van der Waals surface area contributed by atoms with Crippen molar-refractivity contribution in [3.05, 3.63) is 74.8 Å². The van der Waals surface area contributed by atoms with Gasteiger partial charge in [0.25, 0.3) is 11.5 Å². The first-order valence-corrected chi connectivity index (χ1v) is 12.4. The van der Waals surface area contributed by atoms with Crippen molar-refractivity contribution in [1.82, 2.24) is 14.5 Å². The van der Waals surface area contributed by atoms with Gasteiger partial charge in [-0.05, 0) is 44.0 Å². The normalized spacial score (nSPS) is 15.3. The van der Waals surface area contributed by atoms with E-state index in [1.807, 2.05) is 38.1 Å². The van der Waals surface area contributed by atoms with Gasteiger partial charge in [0.05, 0.1) is 20.3 Å². The third-order valence-electron chi connectivity index (χ3n) is 6.34. The van der Waals surface area contributed by atoms with Gasteiger partial charge in [0.15, 0.2) is 5.56 Å². The molecule has 1 saturated heterocycles. The van der Waals surface area contributed by atoms with Crippen molar-refractivity contribution in [1.29, 1.82) is 0 Å². The highest BCUT2D eigenvalue weighted by Gasteiger charge is 2.34. The summed E-state index contributed by atoms with van der Waals surface area (Å²) in [4.78, 5) is 33.3.